The van der Waals surface area contributed by atoms with Crippen LogP contribution in [0.1, 0.15) is 5.82 Å². The van der Waals surface area contributed by atoms with Crippen molar-refractivity contribution < 1.29 is 0 Å². The molecule has 2 aromatic rings. The van der Waals surface area contributed by atoms with Crippen molar-refractivity contribution in [2.24, 2.45) is 0 Å². The first kappa shape index (κ1) is 15.7. The van der Waals surface area contributed by atoms with Crippen LogP contribution in [-0.4, -0.2) is 42.1 Å². The van der Waals surface area contributed by atoms with E-state index >= 15 is 0 Å². The Morgan fingerprint density at radius 1 is 1.10 bits per heavy atom. The Labute approximate surface area is 133 Å². The lowest BCUT2D eigenvalue weighted by Gasteiger charge is -2.12. The minimum Gasteiger partial charge on any atom is -0.369 e. The normalized spacial score (nSPS) is 10.7. The molecule has 1 aromatic carbocycles. The van der Waals surface area contributed by atoms with E-state index in [1.807, 2.05) is 51.4 Å². The fourth-order valence-electron chi connectivity index (χ4n) is 1.81. The van der Waals surface area contributed by atoms with Crippen LogP contribution in [0.3, 0.4) is 0 Å². The molecule has 1 aromatic heterocycles. The van der Waals surface area contributed by atoms with E-state index in [1.165, 1.54) is 0 Å². The maximum Gasteiger partial charge on any atom is 0.136 e. The first-order valence-corrected chi connectivity index (χ1v) is 7.59. The Balaban J connectivity index is 2.05. The third-order valence-electron chi connectivity index (χ3n) is 2.82. The first-order valence-electron chi connectivity index (χ1n) is 6.80. The summed E-state index contributed by atoms with van der Waals surface area (Å²) in [6.45, 7) is 3.70. The summed E-state index contributed by atoms with van der Waals surface area (Å²) in [7, 11) is 4.10. The summed E-state index contributed by atoms with van der Waals surface area (Å²) < 4.78 is 1.05. The number of anilines is 3. The summed E-state index contributed by atoms with van der Waals surface area (Å²) in [4.78, 5) is 10.9. The number of halogens is 1. The van der Waals surface area contributed by atoms with Gasteiger partial charge in [-0.05, 0) is 45.3 Å². The summed E-state index contributed by atoms with van der Waals surface area (Å²) in [6.07, 6.45) is 0. The number of aryl methyl sites for hydroxylation is 1. The highest BCUT2D eigenvalue weighted by Crippen LogP contribution is 2.19. The van der Waals surface area contributed by atoms with Crippen molar-refractivity contribution in [3.8, 4) is 0 Å². The van der Waals surface area contributed by atoms with E-state index in [0.29, 0.717) is 0 Å². The van der Waals surface area contributed by atoms with Gasteiger partial charge in [-0.1, -0.05) is 15.9 Å². The van der Waals surface area contributed by atoms with Crippen molar-refractivity contribution in [2.45, 2.75) is 6.92 Å². The molecular formula is C15H20BrN5. The lowest BCUT2D eigenvalue weighted by atomic mass is 10.3. The molecule has 0 saturated heterocycles. The number of hydrogen-bond acceptors (Lipinski definition) is 5. The number of nitrogens with zero attached hydrogens (tertiary/aromatic N) is 3. The van der Waals surface area contributed by atoms with Crippen LogP contribution >= 0.6 is 15.9 Å². The summed E-state index contributed by atoms with van der Waals surface area (Å²) in [5.74, 6) is 2.37. The molecule has 0 bridgehead atoms. The molecule has 0 atom stereocenters. The number of rotatable bonds is 6. The molecule has 0 spiro atoms. The second kappa shape index (κ2) is 7.38. The Kier molecular flexibility index (Phi) is 5.52. The number of likely N-dealkylation sites (N-methyl/N-ethyl adjacent to an activating group) is 1. The number of nitrogens with one attached hydrogen (secondary N) is 2. The zero-order valence-corrected chi connectivity index (χ0v) is 14.1. The molecule has 6 heteroatoms. The van der Waals surface area contributed by atoms with Crippen LogP contribution in [0.5, 0.6) is 0 Å². The van der Waals surface area contributed by atoms with Gasteiger partial charge >= 0.3 is 0 Å². The number of aromatic nitrogens is 2. The maximum absolute atomic E-state index is 4.41. The van der Waals surface area contributed by atoms with Crippen molar-refractivity contribution >= 4 is 33.3 Å². The smallest absolute Gasteiger partial charge is 0.136 e. The van der Waals surface area contributed by atoms with E-state index in [1.54, 1.807) is 0 Å². The van der Waals surface area contributed by atoms with E-state index in [2.05, 4.69) is 41.4 Å². The van der Waals surface area contributed by atoms with Crippen LogP contribution < -0.4 is 10.6 Å². The van der Waals surface area contributed by atoms with Gasteiger partial charge in [0.2, 0.25) is 0 Å². The van der Waals surface area contributed by atoms with Crippen LogP contribution in [0.25, 0.3) is 0 Å². The van der Waals surface area contributed by atoms with Crippen molar-refractivity contribution in [3.05, 3.63) is 40.6 Å². The summed E-state index contributed by atoms with van der Waals surface area (Å²) in [6, 6.07) is 9.91. The molecule has 21 heavy (non-hydrogen) atoms. The maximum atomic E-state index is 4.41. The fraction of sp³-hybridized carbons (Fsp3) is 0.333. The van der Waals surface area contributed by atoms with E-state index in [9.17, 15) is 0 Å². The van der Waals surface area contributed by atoms with Gasteiger partial charge in [-0.2, -0.15) is 0 Å². The van der Waals surface area contributed by atoms with Gasteiger partial charge in [-0.25, -0.2) is 9.97 Å². The number of benzene rings is 1. The van der Waals surface area contributed by atoms with Crippen LogP contribution in [0.4, 0.5) is 17.3 Å². The summed E-state index contributed by atoms with van der Waals surface area (Å²) >= 11 is 3.43. The molecule has 0 aliphatic rings. The van der Waals surface area contributed by atoms with E-state index in [4.69, 9.17) is 0 Å². The van der Waals surface area contributed by atoms with Crippen molar-refractivity contribution in [1.29, 1.82) is 0 Å². The average molecular weight is 350 g/mol. The zero-order valence-electron chi connectivity index (χ0n) is 12.5. The predicted molar refractivity (Wildman–Crippen MR) is 91.2 cm³/mol. The average Bonchev–Trinajstić information content (AvgIpc) is 2.40. The van der Waals surface area contributed by atoms with Gasteiger partial charge in [0, 0.05) is 29.3 Å². The van der Waals surface area contributed by atoms with Crippen LogP contribution in [-0.2, 0) is 0 Å². The first-order chi connectivity index (χ1) is 10.0. The van der Waals surface area contributed by atoms with Gasteiger partial charge in [-0.15, -0.1) is 0 Å². The van der Waals surface area contributed by atoms with Crippen LogP contribution in [0.15, 0.2) is 34.8 Å². The van der Waals surface area contributed by atoms with Gasteiger partial charge in [0.1, 0.15) is 17.5 Å². The molecule has 0 aliphatic carbocycles. The second-order valence-corrected chi connectivity index (χ2v) is 5.96. The minimum atomic E-state index is 0.740. The van der Waals surface area contributed by atoms with E-state index in [-0.39, 0.29) is 0 Å². The Morgan fingerprint density at radius 3 is 2.43 bits per heavy atom. The lowest BCUT2D eigenvalue weighted by molar-refractivity contribution is 0.425. The molecule has 2 N–H and O–H groups in total. The summed E-state index contributed by atoms with van der Waals surface area (Å²) in [5, 5.41) is 6.60. The van der Waals surface area contributed by atoms with E-state index < -0.39 is 0 Å². The van der Waals surface area contributed by atoms with Gasteiger partial charge in [-0.3, -0.25) is 0 Å². The molecule has 0 unspecified atom stereocenters. The Morgan fingerprint density at radius 2 is 1.76 bits per heavy atom. The number of hydrogen-bond donors (Lipinski definition) is 2. The zero-order chi connectivity index (χ0) is 15.2. The third-order valence-corrected chi connectivity index (χ3v) is 3.35. The minimum absolute atomic E-state index is 0.740. The van der Waals surface area contributed by atoms with Gasteiger partial charge in [0.05, 0.1) is 0 Å². The van der Waals surface area contributed by atoms with Crippen LogP contribution in [0, 0.1) is 6.92 Å². The highest BCUT2D eigenvalue weighted by Gasteiger charge is 2.02. The summed E-state index contributed by atoms with van der Waals surface area (Å²) in [5.41, 5.74) is 0.996. The molecule has 0 radical (unpaired) electrons. The molecular weight excluding hydrogens is 330 g/mol. The largest absolute Gasteiger partial charge is 0.369 e. The molecule has 5 nitrogen and oxygen atoms in total. The molecule has 2 rings (SSSR count). The topological polar surface area (TPSA) is 53.1 Å². The van der Waals surface area contributed by atoms with Gasteiger partial charge in [0.15, 0.2) is 0 Å². The van der Waals surface area contributed by atoms with Crippen molar-refractivity contribution in [3.63, 3.8) is 0 Å². The van der Waals surface area contributed by atoms with E-state index in [0.717, 1.165) is 40.7 Å². The highest BCUT2D eigenvalue weighted by molar-refractivity contribution is 9.10. The molecule has 0 saturated carbocycles. The molecule has 112 valence electrons. The van der Waals surface area contributed by atoms with Crippen LogP contribution in [0.2, 0.25) is 0 Å². The molecule has 0 amide bonds. The van der Waals surface area contributed by atoms with Crippen molar-refractivity contribution in [2.75, 3.05) is 37.8 Å². The Hall–Kier alpha value is -1.66. The quantitative estimate of drug-likeness (QED) is 0.838. The third kappa shape index (κ3) is 5.32. The SMILES string of the molecule is Cc1nc(NCCN(C)C)cc(Nc2ccc(Br)cc2)n1. The predicted octanol–water partition coefficient (Wildman–Crippen LogP) is 3.26. The molecule has 1 heterocycles. The molecule has 0 aliphatic heterocycles. The lowest BCUT2D eigenvalue weighted by Crippen LogP contribution is -2.21. The molecule has 0 fully saturated rings. The van der Waals surface area contributed by atoms with Gasteiger partial charge in [0.25, 0.3) is 0 Å². The standard InChI is InChI=1S/C15H20BrN5/c1-11-18-14(17-8-9-21(2)3)10-15(19-11)20-13-6-4-12(16)5-7-13/h4-7,10H,8-9H2,1-3H3,(H2,17,18,19,20). The van der Waals surface area contributed by atoms with Crippen molar-refractivity contribution in [1.82, 2.24) is 14.9 Å². The Bertz CT molecular complexity index is 583. The second-order valence-electron chi connectivity index (χ2n) is 5.05. The monoisotopic (exact) mass is 349 g/mol. The fourth-order valence-corrected chi connectivity index (χ4v) is 2.08. The highest BCUT2D eigenvalue weighted by atomic mass is 79.9. The van der Waals surface area contributed by atoms with Gasteiger partial charge < -0.3 is 15.5 Å².